The van der Waals surface area contributed by atoms with Crippen molar-refractivity contribution >= 4 is 11.5 Å². The molecule has 134 valence electrons. The highest BCUT2D eigenvalue weighted by molar-refractivity contribution is 6.05. The lowest BCUT2D eigenvalue weighted by Crippen LogP contribution is -2.24. The molecule has 0 fully saturated rings. The molecule has 4 nitrogen and oxygen atoms in total. The van der Waals surface area contributed by atoms with Gasteiger partial charge >= 0.3 is 6.18 Å². The van der Waals surface area contributed by atoms with Crippen molar-refractivity contribution in [3.8, 4) is 11.4 Å². The zero-order valence-corrected chi connectivity index (χ0v) is 14.2. The number of rotatable bonds is 4. The van der Waals surface area contributed by atoms with E-state index in [0.717, 1.165) is 0 Å². The summed E-state index contributed by atoms with van der Waals surface area (Å²) in [6.45, 7) is 1.71. The Balaban J connectivity index is 2.12. The van der Waals surface area contributed by atoms with Crippen LogP contribution >= 0.6 is 0 Å². The molecule has 1 aromatic heterocycles. The van der Waals surface area contributed by atoms with Crippen molar-refractivity contribution in [3.63, 3.8) is 0 Å². The molecule has 1 heterocycles. The highest BCUT2D eigenvalue weighted by Crippen LogP contribution is 2.28. The number of benzene rings is 2. The molecule has 2 aromatic carbocycles. The van der Waals surface area contributed by atoms with Gasteiger partial charge in [0.25, 0.3) is 0 Å². The zero-order valence-electron chi connectivity index (χ0n) is 14.2. The van der Waals surface area contributed by atoms with Crippen LogP contribution in [-0.2, 0) is 0 Å². The third-order valence-corrected chi connectivity index (χ3v) is 3.67. The maximum Gasteiger partial charge on any atom is 0.434 e. The molecule has 3 aromatic rings. The van der Waals surface area contributed by atoms with Crippen molar-refractivity contribution in [2.75, 3.05) is 7.11 Å². The van der Waals surface area contributed by atoms with E-state index in [9.17, 15) is 13.2 Å². The van der Waals surface area contributed by atoms with Gasteiger partial charge in [0.15, 0.2) is 11.5 Å². The first kappa shape index (κ1) is 17.7. The molecule has 0 N–H and O–H groups in total. The van der Waals surface area contributed by atoms with Crippen molar-refractivity contribution in [1.82, 2.24) is 9.78 Å². The van der Waals surface area contributed by atoms with Crippen molar-refractivity contribution < 1.29 is 17.9 Å². The maximum absolute atomic E-state index is 13.6. The summed E-state index contributed by atoms with van der Waals surface area (Å²) >= 11 is 0. The average Bonchev–Trinajstić information content (AvgIpc) is 3.00. The second-order valence-electron chi connectivity index (χ2n) is 5.58. The van der Waals surface area contributed by atoms with Gasteiger partial charge in [-0.3, -0.25) is 0 Å². The van der Waals surface area contributed by atoms with Gasteiger partial charge < -0.3 is 4.74 Å². The minimum absolute atomic E-state index is 0.0447. The van der Waals surface area contributed by atoms with E-state index < -0.39 is 11.9 Å². The number of ether oxygens (including phenoxy) is 1. The molecular weight excluding hydrogens is 343 g/mol. The van der Waals surface area contributed by atoms with Crippen LogP contribution in [0.15, 0.2) is 65.7 Å². The molecule has 0 radical (unpaired) electrons. The average molecular weight is 359 g/mol. The first-order valence-corrected chi connectivity index (χ1v) is 7.81. The minimum Gasteiger partial charge on any atom is -0.497 e. The monoisotopic (exact) mass is 359 g/mol. The predicted octanol–water partition coefficient (Wildman–Crippen LogP) is 4.87. The number of aliphatic imine (C=N–C) groups is 1. The summed E-state index contributed by atoms with van der Waals surface area (Å²) in [6, 6.07) is 16.0. The fraction of sp³-hybridized carbons (Fsp3) is 0.158. The number of nitrogens with zero attached hydrogens (tertiary/aromatic N) is 3. The van der Waals surface area contributed by atoms with Gasteiger partial charge in [-0.25, -0.2) is 9.67 Å². The lowest BCUT2D eigenvalue weighted by Gasteiger charge is -2.12. The van der Waals surface area contributed by atoms with Crippen LogP contribution in [0.4, 0.5) is 19.0 Å². The van der Waals surface area contributed by atoms with Crippen LogP contribution in [0, 0.1) is 6.92 Å². The highest BCUT2D eigenvalue weighted by Gasteiger charge is 2.37. The number of hydrogen-bond acceptors (Lipinski definition) is 3. The lowest BCUT2D eigenvalue weighted by atomic mass is 10.1. The van der Waals surface area contributed by atoms with E-state index in [1.165, 1.54) is 42.1 Å². The first-order chi connectivity index (χ1) is 12.4. The van der Waals surface area contributed by atoms with Crippen LogP contribution in [0.25, 0.3) is 5.69 Å². The fourth-order valence-electron chi connectivity index (χ4n) is 2.48. The summed E-state index contributed by atoms with van der Waals surface area (Å²) in [4.78, 5) is 3.90. The molecule has 0 aliphatic heterocycles. The largest absolute Gasteiger partial charge is 0.497 e. The van der Waals surface area contributed by atoms with E-state index in [4.69, 9.17) is 4.74 Å². The Labute approximate surface area is 148 Å². The summed E-state index contributed by atoms with van der Waals surface area (Å²) < 4.78 is 47.3. The van der Waals surface area contributed by atoms with Gasteiger partial charge in [-0.1, -0.05) is 18.2 Å². The Morgan fingerprint density at radius 1 is 1.04 bits per heavy atom. The Kier molecular flexibility index (Phi) is 4.79. The van der Waals surface area contributed by atoms with Crippen LogP contribution in [0.2, 0.25) is 0 Å². The summed E-state index contributed by atoms with van der Waals surface area (Å²) in [5.41, 5.74) is 0.175. The number of hydrogen-bond donors (Lipinski definition) is 0. The van der Waals surface area contributed by atoms with E-state index in [1.807, 2.05) is 6.07 Å². The molecule has 0 saturated carbocycles. The lowest BCUT2D eigenvalue weighted by molar-refractivity contribution is -0.0580. The predicted molar refractivity (Wildman–Crippen MR) is 93.5 cm³/mol. The molecule has 26 heavy (non-hydrogen) atoms. The quantitative estimate of drug-likeness (QED) is 0.623. The van der Waals surface area contributed by atoms with Gasteiger partial charge in [0.1, 0.15) is 5.75 Å². The van der Waals surface area contributed by atoms with Gasteiger partial charge in [-0.05, 0) is 43.3 Å². The number of aromatic nitrogens is 2. The second-order valence-corrected chi connectivity index (χ2v) is 5.58. The molecule has 0 atom stereocenters. The number of methoxy groups -OCH3 is 1. The van der Waals surface area contributed by atoms with E-state index in [2.05, 4.69) is 10.1 Å². The molecule has 7 heteroatoms. The molecule has 0 bridgehead atoms. The Morgan fingerprint density at radius 2 is 1.69 bits per heavy atom. The molecule has 0 amide bonds. The van der Waals surface area contributed by atoms with E-state index in [-0.39, 0.29) is 11.4 Å². The van der Waals surface area contributed by atoms with Crippen molar-refractivity contribution in [3.05, 3.63) is 71.9 Å². The number of para-hydroxylation sites is 1. The number of aryl methyl sites for hydroxylation is 1. The summed E-state index contributed by atoms with van der Waals surface area (Å²) in [5, 5.41) is 4.26. The van der Waals surface area contributed by atoms with Crippen LogP contribution < -0.4 is 4.74 Å². The normalized spacial score (nSPS) is 12.3. The standard InChI is InChI=1S/C19H16F3N3O/c1-13-12-17(25(24-13)15-6-4-3-5-7-15)23-18(19(20,21)22)14-8-10-16(26-2)11-9-14/h3-12H,1-2H3. The third kappa shape index (κ3) is 3.77. The van der Waals surface area contributed by atoms with Crippen molar-refractivity contribution in [1.29, 1.82) is 0 Å². The minimum atomic E-state index is -4.62. The van der Waals surface area contributed by atoms with E-state index in [0.29, 0.717) is 17.1 Å². The third-order valence-electron chi connectivity index (χ3n) is 3.67. The van der Waals surface area contributed by atoms with Crippen molar-refractivity contribution in [2.24, 2.45) is 4.99 Å². The van der Waals surface area contributed by atoms with Crippen LogP contribution in [0.3, 0.4) is 0 Å². The van der Waals surface area contributed by atoms with Crippen LogP contribution in [0.1, 0.15) is 11.3 Å². The summed E-state index contributed by atoms with van der Waals surface area (Å²) in [6.07, 6.45) is -4.62. The maximum atomic E-state index is 13.6. The van der Waals surface area contributed by atoms with Crippen molar-refractivity contribution in [2.45, 2.75) is 13.1 Å². The fourth-order valence-corrected chi connectivity index (χ4v) is 2.48. The molecule has 3 rings (SSSR count). The van der Waals surface area contributed by atoms with Crippen LogP contribution in [-0.4, -0.2) is 28.8 Å². The van der Waals surface area contributed by atoms with E-state index >= 15 is 0 Å². The number of alkyl halides is 3. The first-order valence-electron chi connectivity index (χ1n) is 7.81. The summed E-state index contributed by atoms with van der Waals surface area (Å²) in [5.74, 6) is 0.581. The molecule has 0 aliphatic carbocycles. The number of halogens is 3. The Hall–Kier alpha value is -3.09. The Bertz CT molecular complexity index is 913. The topological polar surface area (TPSA) is 39.4 Å². The highest BCUT2D eigenvalue weighted by atomic mass is 19.4. The second kappa shape index (κ2) is 7.03. The molecule has 0 saturated heterocycles. The zero-order chi connectivity index (χ0) is 18.7. The van der Waals surface area contributed by atoms with Gasteiger partial charge in [0, 0.05) is 11.6 Å². The SMILES string of the molecule is COc1ccc(C(=Nc2cc(C)nn2-c2ccccc2)C(F)(F)F)cc1. The van der Waals surface area contributed by atoms with Gasteiger partial charge in [0.2, 0.25) is 0 Å². The van der Waals surface area contributed by atoms with Gasteiger partial charge in [-0.2, -0.15) is 18.3 Å². The molecular formula is C19H16F3N3O. The molecule has 0 aliphatic rings. The smallest absolute Gasteiger partial charge is 0.434 e. The van der Waals surface area contributed by atoms with Gasteiger partial charge in [0.05, 0.1) is 18.5 Å². The summed E-state index contributed by atoms with van der Waals surface area (Å²) in [7, 11) is 1.45. The molecule has 0 spiro atoms. The van der Waals surface area contributed by atoms with Gasteiger partial charge in [-0.15, -0.1) is 0 Å². The van der Waals surface area contributed by atoms with Crippen LogP contribution in [0.5, 0.6) is 5.75 Å². The Morgan fingerprint density at radius 3 is 2.27 bits per heavy atom. The molecule has 0 unspecified atom stereocenters. The van der Waals surface area contributed by atoms with E-state index in [1.54, 1.807) is 31.2 Å².